The lowest BCUT2D eigenvalue weighted by atomic mass is 10.0. The number of rotatable bonds is 9. The maximum Gasteiger partial charge on any atom is 0.387 e. The van der Waals surface area contributed by atoms with Crippen molar-refractivity contribution in [1.82, 2.24) is 5.32 Å². The fourth-order valence-corrected chi connectivity index (χ4v) is 5.61. The molecule has 1 unspecified atom stereocenters. The highest BCUT2D eigenvalue weighted by Gasteiger charge is 2.35. The number of carbonyl (C=O) groups excluding carboxylic acids is 1. The van der Waals surface area contributed by atoms with Gasteiger partial charge in [-0.3, -0.25) is 9.10 Å². The number of ether oxygens (including phenoxy) is 2. The van der Waals surface area contributed by atoms with Crippen LogP contribution in [0.4, 0.5) is 23.2 Å². The summed E-state index contributed by atoms with van der Waals surface area (Å²) in [6.45, 7) is -0.762. The molecule has 1 aliphatic rings. The number of amides is 1. The Balaban J connectivity index is 1.72. The molecular formula is C27H26F4N2O6S. The maximum atomic E-state index is 14.5. The average Bonchev–Trinajstić information content (AvgIpc) is 2.88. The van der Waals surface area contributed by atoms with Crippen LogP contribution in [0.2, 0.25) is 0 Å². The maximum absolute atomic E-state index is 14.5. The Bertz CT molecular complexity index is 1510. The highest BCUT2D eigenvalue weighted by molar-refractivity contribution is 7.92. The van der Waals surface area contributed by atoms with Crippen molar-refractivity contribution < 1.29 is 45.4 Å². The number of aliphatic hydroxyl groups is 1. The summed E-state index contributed by atoms with van der Waals surface area (Å²) in [6, 6.07) is 11.6. The first-order valence-corrected chi connectivity index (χ1v) is 13.5. The minimum absolute atomic E-state index is 0.0121. The fourth-order valence-electron chi connectivity index (χ4n) is 4.08. The summed E-state index contributed by atoms with van der Waals surface area (Å²) in [5, 5.41) is 12.4. The van der Waals surface area contributed by atoms with Gasteiger partial charge in [0.05, 0.1) is 17.1 Å². The van der Waals surface area contributed by atoms with Gasteiger partial charge in [-0.05, 0) is 61.9 Å². The van der Waals surface area contributed by atoms with E-state index in [0.29, 0.717) is 0 Å². The molecule has 13 heteroatoms. The van der Waals surface area contributed by atoms with E-state index >= 15 is 0 Å². The molecule has 0 radical (unpaired) electrons. The van der Waals surface area contributed by atoms with E-state index in [4.69, 9.17) is 4.74 Å². The standard InChI is InChI=1S/C27H26F4N2O6S/c1-27(2,35)25(34)32-11-10-19-15-33(40(36,37)20-5-3-4-18(14-20)39-26(30)31)23-12-16(6-9-24(23)38-19)21-13-17(28)7-8-22(21)29/h3-9,12-14,19,26,35H,10-11,15H2,1-2H3,(H,32,34). The van der Waals surface area contributed by atoms with Crippen molar-refractivity contribution in [3.05, 3.63) is 72.3 Å². The van der Waals surface area contributed by atoms with E-state index in [-0.39, 0.29) is 52.7 Å². The second-order valence-corrected chi connectivity index (χ2v) is 11.4. The van der Waals surface area contributed by atoms with Crippen LogP contribution in [0.1, 0.15) is 20.3 Å². The van der Waals surface area contributed by atoms with Crippen LogP contribution >= 0.6 is 0 Å². The number of alkyl halides is 2. The van der Waals surface area contributed by atoms with Gasteiger partial charge in [0, 0.05) is 24.6 Å². The molecule has 0 fully saturated rings. The first-order valence-electron chi connectivity index (χ1n) is 12.1. The van der Waals surface area contributed by atoms with Crippen molar-refractivity contribution >= 4 is 21.6 Å². The molecule has 0 aliphatic carbocycles. The lowest BCUT2D eigenvalue weighted by Crippen LogP contribution is -2.46. The fraction of sp³-hybridized carbons (Fsp3) is 0.296. The molecule has 0 aromatic heterocycles. The van der Waals surface area contributed by atoms with Crippen LogP contribution in [0, 0.1) is 11.6 Å². The summed E-state index contributed by atoms with van der Waals surface area (Å²) in [7, 11) is -4.42. The van der Waals surface area contributed by atoms with Crippen LogP contribution in [0.5, 0.6) is 11.5 Å². The molecule has 1 amide bonds. The Morgan fingerprint density at radius 2 is 1.90 bits per heavy atom. The monoisotopic (exact) mass is 582 g/mol. The van der Waals surface area contributed by atoms with E-state index < -0.39 is 45.9 Å². The van der Waals surface area contributed by atoms with Crippen molar-refractivity contribution in [3.8, 4) is 22.6 Å². The van der Waals surface area contributed by atoms with Crippen LogP contribution in [0.25, 0.3) is 11.1 Å². The molecule has 0 bridgehead atoms. The van der Waals surface area contributed by atoms with Gasteiger partial charge in [0.15, 0.2) is 0 Å². The SMILES string of the molecule is CC(C)(O)C(=O)NCCC1CN(S(=O)(=O)c2cccc(OC(F)F)c2)c2cc(-c3cc(F)ccc3F)ccc2O1. The number of nitrogens with one attached hydrogen (secondary N) is 1. The summed E-state index contributed by atoms with van der Waals surface area (Å²) >= 11 is 0. The van der Waals surface area contributed by atoms with E-state index in [0.717, 1.165) is 28.6 Å². The molecule has 3 aromatic rings. The molecule has 1 atom stereocenters. The van der Waals surface area contributed by atoms with E-state index in [2.05, 4.69) is 10.1 Å². The molecule has 1 heterocycles. The highest BCUT2D eigenvalue weighted by atomic mass is 32.2. The van der Waals surface area contributed by atoms with Crippen molar-refractivity contribution in [3.63, 3.8) is 0 Å². The lowest BCUT2D eigenvalue weighted by Gasteiger charge is -2.36. The van der Waals surface area contributed by atoms with Gasteiger partial charge in [0.2, 0.25) is 0 Å². The summed E-state index contributed by atoms with van der Waals surface area (Å²) in [5.41, 5.74) is -1.55. The molecule has 0 spiro atoms. The van der Waals surface area contributed by atoms with Crippen LogP contribution in [0.15, 0.2) is 65.6 Å². The molecule has 4 rings (SSSR count). The third-order valence-corrected chi connectivity index (χ3v) is 7.83. The Morgan fingerprint density at radius 3 is 2.60 bits per heavy atom. The van der Waals surface area contributed by atoms with Gasteiger partial charge in [0.1, 0.15) is 34.8 Å². The average molecular weight is 583 g/mol. The Hall–Kier alpha value is -3.84. The van der Waals surface area contributed by atoms with E-state index in [9.17, 15) is 35.9 Å². The van der Waals surface area contributed by atoms with Gasteiger partial charge in [0.25, 0.3) is 15.9 Å². The number of sulfonamides is 1. The largest absolute Gasteiger partial charge is 0.486 e. The first kappa shape index (κ1) is 29.2. The normalized spacial score (nSPS) is 15.4. The highest BCUT2D eigenvalue weighted by Crippen LogP contribution is 2.41. The summed E-state index contributed by atoms with van der Waals surface area (Å²) in [4.78, 5) is 11.7. The van der Waals surface area contributed by atoms with Crippen LogP contribution in [-0.2, 0) is 14.8 Å². The quantitative estimate of drug-likeness (QED) is 0.361. The van der Waals surface area contributed by atoms with Gasteiger partial charge in [-0.15, -0.1) is 0 Å². The number of nitrogens with zero attached hydrogens (tertiary/aromatic N) is 1. The van der Waals surface area contributed by atoms with Gasteiger partial charge >= 0.3 is 6.61 Å². The summed E-state index contributed by atoms with van der Waals surface area (Å²) in [6.07, 6.45) is -0.635. The molecule has 40 heavy (non-hydrogen) atoms. The van der Waals surface area contributed by atoms with Gasteiger partial charge in [-0.1, -0.05) is 12.1 Å². The Labute approximate surface area is 228 Å². The third-order valence-electron chi connectivity index (χ3n) is 6.06. The van der Waals surface area contributed by atoms with Crippen LogP contribution in [-0.4, -0.2) is 50.8 Å². The molecule has 1 aliphatic heterocycles. The van der Waals surface area contributed by atoms with Crippen LogP contribution < -0.4 is 19.1 Å². The minimum atomic E-state index is -4.42. The summed E-state index contributed by atoms with van der Waals surface area (Å²) in [5.74, 6) is -2.32. The zero-order valence-corrected chi connectivity index (χ0v) is 22.2. The molecular weight excluding hydrogens is 556 g/mol. The molecule has 8 nitrogen and oxygen atoms in total. The third kappa shape index (κ3) is 6.48. The Morgan fingerprint density at radius 1 is 1.15 bits per heavy atom. The predicted molar refractivity (Wildman–Crippen MR) is 138 cm³/mol. The van der Waals surface area contributed by atoms with Gasteiger partial charge in [-0.2, -0.15) is 8.78 Å². The molecule has 0 saturated carbocycles. The topological polar surface area (TPSA) is 105 Å². The number of hydrogen-bond donors (Lipinski definition) is 2. The number of anilines is 1. The predicted octanol–water partition coefficient (Wildman–Crippen LogP) is 4.47. The van der Waals surface area contributed by atoms with Crippen molar-refractivity contribution in [2.75, 3.05) is 17.4 Å². The molecule has 214 valence electrons. The Kier molecular flexibility index (Phi) is 8.26. The second-order valence-electron chi connectivity index (χ2n) is 9.54. The van der Waals surface area contributed by atoms with Gasteiger partial charge in [-0.25, -0.2) is 17.2 Å². The van der Waals surface area contributed by atoms with E-state index in [1.165, 1.54) is 50.2 Å². The molecule has 0 saturated heterocycles. The zero-order valence-electron chi connectivity index (χ0n) is 21.4. The number of fused-ring (bicyclic) bond motifs is 1. The molecule has 3 aromatic carbocycles. The van der Waals surface area contributed by atoms with Gasteiger partial charge < -0.3 is 19.9 Å². The lowest BCUT2D eigenvalue weighted by molar-refractivity contribution is -0.136. The van der Waals surface area contributed by atoms with E-state index in [1.807, 2.05) is 0 Å². The molecule has 2 N–H and O–H groups in total. The minimum Gasteiger partial charge on any atom is -0.486 e. The summed E-state index contributed by atoms with van der Waals surface area (Å²) < 4.78 is 92.9. The number of hydrogen-bond acceptors (Lipinski definition) is 6. The first-order chi connectivity index (χ1) is 18.8. The number of halogens is 4. The van der Waals surface area contributed by atoms with Crippen LogP contribution in [0.3, 0.4) is 0 Å². The zero-order chi connectivity index (χ0) is 29.2. The van der Waals surface area contributed by atoms with Crippen molar-refractivity contribution in [1.29, 1.82) is 0 Å². The van der Waals surface area contributed by atoms with E-state index in [1.54, 1.807) is 0 Å². The second kappa shape index (κ2) is 11.3. The number of carbonyl (C=O) groups is 1. The smallest absolute Gasteiger partial charge is 0.387 e. The van der Waals surface area contributed by atoms with Crippen molar-refractivity contribution in [2.24, 2.45) is 0 Å². The number of benzene rings is 3. The van der Waals surface area contributed by atoms with Crippen molar-refractivity contribution in [2.45, 2.75) is 43.5 Å².